The topological polar surface area (TPSA) is 91.6 Å². The van der Waals surface area contributed by atoms with Gasteiger partial charge in [-0.15, -0.1) is 0 Å². The number of anilines is 1. The highest BCUT2D eigenvalue weighted by molar-refractivity contribution is 7.89. The van der Waals surface area contributed by atoms with Crippen molar-refractivity contribution in [1.29, 1.82) is 0 Å². The van der Waals surface area contributed by atoms with Gasteiger partial charge in [0.2, 0.25) is 10.0 Å². The molecule has 11 heteroatoms. The Hall–Kier alpha value is -2.56. The third-order valence-corrected chi connectivity index (χ3v) is 5.87. The zero-order valence-electron chi connectivity index (χ0n) is 14.6. The standard InChI is InChI=1S/C18H14ClF3N4O2S/c19-10-1-6-13-14(9-24-15(13)7-10)16-8-17(18(20,21)22)25-26(16)11-2-4-12(5-3-11)29(23,27)28/h1-7,9,16,24H,8H2,(H2,23,27,28). The van der Waals surface area contributed by atoms with Gasteiger partial charge in [0, 0.05) is 34.1 Å². The number of aromatic amines is 1. The predicted molar refractivity (Wildman–Crippen MR) is 104 cm³/mol. The number of alkyl halides is 3. The van der Waals surface area contributed by atoms with Gasteiger partial charge in [-0.1, -0.05) is 17.7 Å². The number of H-pyrrole nitrogens is 1. The number of halogens is 4. The first-order valence-corrected chi connectivity index (χ1v) is 10.3. The molecular formula is C18H14ClF3N4O2S. The van der Waals surface area contributed by atoms with Crippen LogP contribution in [0.2, 0.25) is 5.02 Å². The molecule has 1 aliphatic rings. The summed E-state index contributed by atoms with van der Waals surface area (Å²) < 4.78 is 63.0. The second-order valence-corrected chi connectivity index (χ2v) is 8.58. The zero-order chi connectivity index (χ0) is 21.0. The van der Waals surface area contributed by atoms with Gasteiger partial charge in [-0.2, -0.15) is 18.3 Å². The van der Waals surface area contributed by atoms with Crippen LogP contribution in [0.4, 0.5) is 18.9 Å². The summed E-state index contributed by atoms with van der Waals surface area (Å²) in [6.07, 6.45) is -3.30. The highest BCUT2D eigenvalue weighted by atomic mass is 35.5. The van der Waals surface area contributed by atoms with E-state index in [0.717, 1.165) is 5.39 Å². The normalized spacial score (nSPS) is 17.8. The number of nitrogens with one attached hydrogen (secondary N) is 1. The average molecular weight is 443 g/mol. The lowest BCUT2D eigenvalue weighted by Crippen LogP contribution is -2.21. The number of aromatic nitrogens is 1. The number of hydrogen-bond donors (Lipinski definition) is 2. The van der Waals surface area contributed by atoms with Gasteiger partial charge in [0.25, 0.3) is 0 Å². The highest BCUT2D eigenvalue weighted by Crippen LogP contribution is 2.41. The summed E-state index contributed by atoms with van der Waals surface area (Å²) in [7, 11) is -3.92. The minimum Gasteiger partial charge on any atom is -0.361 e. The van der Waals surface area contributed by atoms with Crippen LogP contribution in [0.25, 0.3) is 10.9 Å². The van der Waals surface area contributed by atoms with Gasteiger partial charge >= 0.3 is 6.18 Å². The SMILES string of the molecule is NS(=O)(=O)c1ccc(N2N=C(C(F)(F)F)CC2c2c[nH]c3cc(Cl)ccc23)cc1. The van der Waals surface area contributed by atoms with Crippen molar-refractivity contribution in [3.63, 3.8) is 0 Å². The lowest BCUT2D eigenvalue weighted by molar-refractivity contribution is -0.0600. The van der Waals surface area contributed by atoms with E-state index in [9.17, 15) is 21.6 Å². The summed E-state index contributed by atoms with van der Waals surface area (Å²) in [5, 5.41) is 11.3. The first-order chi connectivity index (χ1) is 13.5. The van der Waals surface area contributed by atoms with E-state index in [0.29, 0.717) is 21.8 Å². The first kappa shape index (κ1) is 19.7. The molecular weight excluding hydrogens is 429 g/mol. The molecule has 152 valence electrons. The van der Waals surface area contributed by atoms with E-state index < -0.39 is 28.0 Å². The quantitative estimate of drug-likeness (QED) is 0.632. The van der Waals surface area contributed by atoms with E-state index in [1.54, 1.807) is 24.4 Å². The van der Waals surface area contributed by atoms with Crippen LogP contribution in [0.1, 0.15) is 18.0 Å². The number of rotatable bonds is 3. The van der Waals surface area contributed by atoms with Crippen molar-refractivity contribution in [2.24, 2.45) is 10.2 Å². The molecule has 0 spiro atoms. The Morgan fingerprint density at radius 3 is 2.48 bits per heavy atom. The summed E-state index contributed by atoms with van der Waals surface area (Å²) in [5.41, 5.74) is 0.707. The monoisotopic (exact) mass is 442 g/mol. The van der Waals surface area contributed by atoms with Crippen molar-refractivity contribution < 1.29 is 21.6 Å². The summed E-state index contributed by atoms with van der Waals surface area (Å²) >= 11 is 5.99. The van der Waals surface area contributed by atoms with Crippen LogP contribution in [-0.4, -0.2) is 25.3 Å². The number of fused-ring (bicyclic) bond motifs is 1. The van der Waals surface area contributed by atoms with Gasteiger partial charge < -0.3 is 4.98 Å². The van der Waals surface area contributed by atoms with Crippen LogP contribution >= 0.6 is 11.6 Å². The van der Waals surface area contributed by atoms with Crippen LogP contribution in [0, 0.1) is 0 Å². The van der Waals surface area contributed by atoms with Crippen molar-refractivity contribution >= 4 is 43.9 Å². The number of nitrogens with two attached hydrogens (primary N) is 1. The molecule has 1 unspecified atom stereocenters. The molecule has 0 aliphatic carbocycles. The number of hydrogen-bond acceptors (Lipinski definition) is 4. The van der Waals surface area contributed by atoms with Crippen molar-refractivity contribution in [2.45, 2.75) is 23.5 Å². The van der Waals surface area contributed by atoms with Crippen LogP contribution in [0.3, 0.4) is 0 Å². The predicted octanol–water partition coefficient (Wildman–Crippen LogP) is 4.34. The van der Waals surface area contributed by atoms with Gasteiger partial charge in [0.05, 0.1) is 16.6 Å². The molecule has 6 nitrogen and oxygen atoms in total. The maximum Gasteiger partial charge on any atom is 0.431 e. The maximum absolute atomic E-state index is 13.4. The third kappa shape index (κ3) is 3.70. The van der Waals surface area contributed by atoms with Crippen molar-refractivity contribution in [1.82, 2.24) is 4.98 Å². The fourth-order valence-corrected chi connectivity index (χ4v) is 4.03. The van der Waals surface area contributed by atoms with Gasteiger partial charge in [0.15, 0.2) is 0 Å². The largest absolute Gasteiger partial charge is 0.431 e. The molecule has 2 heterocycles. The van der Waals surface area contributed by atoms with E-state index in [1.807, 2.05) is 0 Å². The van der Waals surface area contributed by atoms with E-state index in [-0.39, 0.29) is 11.3 Å². The molecule has 0 radical (unpaired) electrons. The molecule has 1 aliphatic heterocycles. The van der Waals surface area contributed by atoms with E-state index in [4.69, 9.17) is 16.7 Å². The average Bonchev–Trinajstić information content (AvgIpc) is 3.24. The molecule has 0 amide bonds. The van der Waals surface area contributed by atoms with Crippen molar-refractivity contribution in [3.8, 4) is 0 Å². The summed E-state index contributed by atoms with van der Waals surface area (Å²) in [6.45, 7) is 0. The van der Waals surface area contributed by atoms with E-state index in [1.165, 1.54) is 29.3 Å². The molecule has 2 aromatic carbocycles. The Labute approximate surface area is 168 Å². The molecule has 3 N–H and O–H groups in total. The molecule has 0 saturated carbocycles. The van der Waals surface area contributed by atoms with Gasteiger partial charge in [-0.25, -0.2) is 13.6 Å². The molecule has 1 atom stereocenters. The fraction of sp³-hybridized carbons (Fsp3) is 0.167. The minimum atomic E-state index is -4.58. The number of benzene rings is 2. The summed E-state index contributed by atoms with van der Waals surface area (Å²) in [4.78, 5) is 2.88. The molecule has 29 heavy (non-hydrogen) atoms. The third-order valence-electron chi connectivity index (χ3n) is 4.70. The lowest BCUT2D eigenvalue weighted by atomic mass is 10.0. The van der Waals surface area contributed by atoms with Crippen molar-refractivity contribution in [2.75, 3.05) is 5.01 Å². The van der Waals surface area contributed by atoms with Gasteiger partial charge in [0.1, 0.15) is 5.71 Å². The second kappa shape index (κ2) is 6.75. The molecule has 1 aromatic heterocycles. The number of nitrogens with zero attached hydrogens (tertiary/aromatic N) is 2. The number of sulfonamides is 1. The van der Waals surface area contributed by atoms with E-state index in [2.05, 4.69) is 10.1 Å². The molecule has 0 saturated heterocycles. The first-order valence-electron chi connectivity index (χ1n) is 8.37. The maximum atomic E-state index is 13.4. The summed E-state index contributed by atoms with van der Waals surface area (Å²) in [6, 6.07) is 9.57. The number of hydrazone groups is 1. The lowest BCUT2D eigenvalue weighted by Gasteiger charge is -2.23. The summed E-state index contributed by atoms with van der Waals surface area (Å²) in [5.74, 6) is 0. The molecule has 4 rings (SSSR count). The Bertz CT molecular complexity index is 1220. The van der Waals surface area contributed by atoms with Crippen LogP contribution in [0.5, 0.6) is 0 Å². The Morgan fingerprint density at radius 1 is 1.17 bits per heavy atom. The van der Waals surface area contributed by atoms with Gasteiger partial charge in [-0.05, 0) is 36.4 Å². The van der Waals surface area contributed by atoms with E-state index >= 15 is 0 Å². The molecule has 3 aromatic rings. The fourth-order valence-electron chi connectivity index (χ4n) is 3.35. The van der Waals surface area contributed by atoms with Crippen LogP contribution in [0.15, 0.2) is 58.7 Å². The van der Waals surface area contributed by atoms with Crippen molar-refractivity contribution in [3.05, 3.63) is 59.2 Å². The molecule has 0 fully saturated rings. The minimum absolute atomic E-state index is 0.140. The molecule has 0 bridgehead atoms. The Kier molecular flexibility index (Phi) is 4.60. The zero-order valence-corrected chi connectivity index (χ0v) is 16.2. The Balaban J connectivity index is 1.80. The second-order valence-electron chi connectivity index (χ2n) is 6.58. The van der Waals surface area contributed by atoms with Gasteiger partial charge in [-0.3, -0.25) is 5.01 Å². The highest BCUT2D eigenvalue weighted by Gasteiger charge is 2.44. The smallest absolute Gasteiger partial charge is 0.361 e. The van der Waals surface area contributed by atoms with Crippen LogP contribution < -0.4 is 10.1 Å². The van der Waals surface area contributed by atoms with Crippen LogP contribution in [-0.2, 0) is 10.0 Å². The Morgan fingerprint density at radius 2 is 1.86 bits per heavy atom. The number of primary sulfonamides is 1.